The first kappa shape index (κ1) is 12.2. The number of fused-ring (bicyclic) bond motifs is 1. The van der Waals surface area contributed by atoms with Gasteiger partial charge in [0.2, 0.25) is 0 Å². The molecule has 1 aromatic carbocycles. The topological polar surface area (TPSA) is 75.3 Å². The van der Waals surface area contributed by atoms with Crippen molar-refractivity contribution in [2.45, 2.75) is 38.3 Å². The van der Waals surface area contributed by atoms with E-state index in [9.17, 15) is 9.90 Å². The van der Waals surface area contributed by atoms with Crippen molar-refractivity contribution in [3.63, 3.8) is 0 Å². The molecule has 3 rings (SSSR count). The number of carboxylic acid groups (broad SMARTS) is 1. The number of aromatic carboxylic acids is 1. The van der Waals surface area contributed by atoms with Crippen molar-refractivity contribution < 1.29 is 15.0 Å². The molecule has 5 heteroatoms. The summed E-state index contributed by atoms with van der Waals surface area (Å²) in [6.07, 6.45) is 1.99. The lowest BCUT2D eigenvalue weighted by Crippen LogP contribution is -2.31. The molecule has 1 aliphatic rings. The summed E-state index contributed by atoms with van der Waals surface area (Å²) in [5.74, 6) is 0.0239. The summed E-state index contributed by atoms with van der Waals surface area (Å²) in [6.45, 7) is 2.03. The van der Waals surface area contributed by atoms with Gasteiger partial charge in [-0.25, -0.2) is 9.78 Å². The molecule has 5 nitrogen and oxygen atoms in total. The van der Waals surface area contributed by atoms with Gasteiger partial charge < -0.3 is 14.8 Å². The molecule has 19 heavy (non-hydrogen) atoms. The van der Waals surface area contributed by atoms with Crippen molar-refractivity contribution in [3.05, 3.63) is 29.6 Å². The Kier molecular flexibility index (Phi) is 2.78. The van der Waals surface area contributed by atoms with Gasteiger partial charge in [-0.3, -0.25) is 0 Å². The Bertz CT molecular complexity index is 641. The standard InChI is InChI=1S/C14H16N2O3/c1-2-13-15-11-4-3-8(14(18)19)5-12(11)16(13)9-6-10(17)7-9/h3-5,9-10,17H,2,6-7H2,1H3,(H,18,19). The van der Waals surface area contributed by atoms with E-state index in [2.05, 4.69) is 9.55 Å². The van der Waals surface area contributed by atoms with Crippen LogP contribution in [0.1, 0.15) is 42.0 Å². The van der Waals surface area contributed by atoms with Crippen molar-refractivity contribution in [3.8, 4) is 0 Å². The van der Waals surface area contributed by atoms with Gasteiger partial charge in [-0.05, 0) is 31.0 Å². The minimum Gasteiger partial charge on any atom is -0.478 e. The molecule has 0 saturated heterocycles. The van der Waals surface area contributed by atoms with Crippen LogP contribution in [0.3, 0.4) is 0 Å². The minimum atomic E-state index is -0.929. The normalized spacial score (nSPS) is 22.4. The minimum absolute atomic E-state index is 0.235. The molecule has 0 bridgehead atoms. The van der Waals surface area contributed by atoms with Crippen LogP contribution in [0.15, 0.2) is 18.2 Å². The third-order valence-corrected chi connectivity index (χ3v) is 3.78. The third-order valence-electron chi connectivity index (χ3n) is 3.78. The zero-order valence-corrected chi connectivity index (χ0v) is 10.7. The fourth-order valence-corrected chi connectivity index (χ4v) is 2.70. The molecule has 0 unspecified atom stereocenters. The molecule has 0 radical (unpaired) electrons. The Morgan fingerprint density at radius 1 is 1.47 bits per heavy atom. The number of aryl methyl sites for hydroxylation is 1. The molecule has 2 aromatic rings. The zero-order valence-electron chi connectivity index (χ0n) is 10.7. The SMILES string of the molecule is CCc1nc2ccc(C(=O)O)cc2n1C1CC(O)C1. The van der Waals surface area contributed by atoms with E-state index in [1.54, 1.807) is 18.2 Å². The Balaban J connectivity index is 2.15. The molecule has 1 saturated carbocycles. The lowest BCUT2D eigenvalue weighted by Gasteiger charge is -2.34. The Morgan fingerprint density at radius 2 is 2.21 bits per heavy atom. The van der Waals surface area contributed by atoms with Crippen molar-refractivity contribution in [1.82, 2.24) is 9.55 Å². The average Bonchev–Trinajstić information content (AvgIpc) is 2.72. The predicted octanol–water partition coefficient (Wildman–Crippen LogP) is 1.99. The quantitative estimate of drug-likeness (QED) is 0.885. The predicted molar refractivity (Wildman–Crippen MR) is 70.3 cm³/mol. The van der Waals surface area contributed by atoms with Crippen molar-refractivity contribution in [1.29, 1.82) is 0 Å². The van der Waals surface area contributed by atoms with Gasteiger partial charge in [-0.2, -0.15) is 0 Å². The molecular formula is C14H16N2O3. The summed E-state index contributed by atoms with van der Waals surface area (Å²) in [6, 6.07) is 5.24. The number of nitrogens with zero attached hydrogens (tertiary/aromatic N) is 2. The largest absolute Gasteiger partial charge is 0.478 e. The van der Waals surface area contributed by atoms with E-state index in [4.69, 9.17) is 5.11 Å². The maximum absolute atomic E-state index is 11.1. The first-order chi connectivity index (χ1) is 9.10. The lowest BCUT2D eigenvalue weighted by molar-refractivity contribution is 0.0490. The van der Waals surface area contributed by atoms with Crippen LogP contribution in [0.5, 0.6) is 0 Å². The summed E-state index contributed by atoms with van der Waals surface area (Å²) in [5, 5.41) is 18.5. The number of hydrogen-bond donors (Lipinski definition) is 2. The van der Waals surface area contributed by atoms with E-state index in [1.807, 2.05) is 6.92 Å². The fraction of sp³-hybridized carbons (Fsp3) is 0.429. The molecular weight excluding hydrogens is 244 g/mol. The van der Waals surface area contributed by atoms with Crippen LogP contribution >= 0.6 is 0 Å². The van der Waals surface area contributed by atoms with Crippen LogP contribution in [0.2, 0.25) is 0 Å². The molecule has 0 atom stereocenters. The molecule has 0 spiro atoms. The number of aromatic nitrogens is 2. The summed E-state index contributed by atoms with van der Waals surface area (Å²) in [4.78, 5) is 15.6. The number of hydrogen-bond acceptors (Lipinski definition) is 3. The van der Waals surface area contributed by atoms with Crippen molar-refractivity contribution >= 4 is 17.0 Å². The van der Waals surface area contributed by atoms with Crippen LogP contribution in [0.4, 0.5) is 0 Å². The maximum Gasteiger partial charge on any atom is 0.335 e. The number of carboxylic acids is 1. The van der Waals surface area contributed by atoms with Crippen LogP contribution in [0.25, 0.3) is 11.0 Å². The van der Waals surface area contributed by atoms with Crippen LogP contribution in [-0.4, -0.2) is 31.8 Å². The van der Waals surface area contributed by atoms with Gasteiger partial charge in [0.05, 0.1) is 22.7 Å². The van der Waals surface area contributed by atoms with Gasteiger partial charge in [0.1, 0.15) is 5.82 Å². The van der Waals surface area contributed by atoms with E-state index in [0.717, 1.165) is 36.1 Å². The van der Waals surface area contributed by atoms with Crippen molar-refractivity contribution in [2.75, 3.05) is 0 Å². The smallest absolute Gasteiger partial charge is 0.335 e. The molecule has 1 aliphatic carbocycles. The van der Waals surface area contributed by atoms with Crippen LogP contribution in [-0.2, 0) is 6.42 Å². The molecule has 0 amide bonds. The second kappa shape index (κ2) is 4.35. The third kappa shape index (κ3) is 1.90. The average molecular weight is 260 g/mol. The second-order valence-electron chi connectivity index (χ2n) is 5.04. The second-order valence-corrected chi connectivity index (χ2v) is 5.04. The highest BCUT2D eigenvalue weighted by Gasteiger charge is 2.31. The van der Waals surface area contributed by atoms with E-state index < -0.39 is 5.97 Å². The van der Waals surface area contributed by atoms with Crippen molar-refractivity contribution in [2.24, 2.45) is 0 Å². The number of aliphatic hydroxyl groups excluding tert-OH is 1. The Labute approximate surface area is 110 Å². The number of aliphatic hydroxyl groups is 1. The molecule has 1 aromatic heterocycles. The van der Waals surface area contributed by atoms with Crippen LogP contribution < -0.4 is 0 Å². The van der Waals surface area contributed by atoms with Gasteiger partial charge >= 0.3 is 5.97 Å². The highest BCUT2D eigenvalue weighted by atomic mass is 16.4. The van der Waals surface area contributed by atoms with Gasteiger partial charge in [0.15, 0.2) is 0 Å². The monoisotopic (exact) mass is 260 g/mol. The van der Waals surface area contributed by atoms with E-state index >= 15 is 0 Å². The van der Waals surface area contributed by atoms with E-state index in [-0.39, 0.29) is 17.7 Å². The maximum atomic E-state index is 11.1. The lowest BCUT2D eigenvalue weighted by atomic mass is 9.89. The number of rotatable bonds is 3. The summed E-state index contributed by atoms with van der Waals surface area (Å²) in [5.41, 5.74) is 1.95. The highest BCUT2D eigenvalue weighted by molar-refractivity contribution is 5.92. The summed E-state index contributed by atoms with van der Waals surface area (Å²) < 4.78 is 2.09. The fourth-order valence-electron chi connectivity index (χ4n) is 2.70. The van der Waals surface area contributed by atoms with E-state index in [0.29, 0.717) is 0 Å². The zero-order chi connectivity index (χ0) is 13.6. The van der Waals surface area contributed by atoms with Gasteiger partial charge in [0.25, 0.3) is 0 Å². The summed E-state index contributed by atoms with van der Waals surface area (Å²) >= 11 is 0. The first-order valence-electron chi connectivity index (χ1n) is 6.52. The molecule has 2 N–H and O–H groups in total. The molecule has 0 aliphatic heterocycles. The van der Waals surface area contributed by atoms with E-state index in [1.165, 1.54) is 0 Å². The number of imidazole rings is 1. The number of benzene rings is 1. The summed E-state index contributed by atoms with van der Waals surface area (Å²) in [7, 11) is 0. The molecule has 100 valence electrons. The highest BCUT2D eigenvalue weighted by Crippen LogP contribution is 2.36. The van der Waals surface area contributed by atoms with Gasteiger partial charge in [0, 0.05) is 12.5 Å². The molecule has 1 fully saturated rings. The molecule has 1 heterocycles. The Morgan fingerprint density at radius 3 is 2.79 bits per heavy atom. The van der Waals surface area contributed by atoms with Gasteiger partial charge in [-0.15, -0.1) is 0 Å². The number of carbonyl (C=O) groups is 1. The Hall–Kier alpha value is -1.88. The van der Waals surface area contributed by atoms with Crippen LogP contribution in [0, 0.1) is 0 Å². The van der Waals surface area contributed by atoms with Gasteiger partial charge in [-0.1, -0.05) is 6.92 Å². The first-order valence-corrected chi connectivity index (χ1v) is 6.52.